The van der Waals surface area contributed by atoms with E-state index in [0.717, 1.165) is 12.8 Å². The Morgan fingerprint density at radius 3 is 2.47 bits per heavy atom. The second-order valence-corrected chi connectivity index (χ2v) is 4.93. The van der Waals surface area contributed by atoms with E-state index < -0.39 is 0 Å². The summed E-state index contributed by atoms with van der Waals surface area (Å²) in [6.45, 7) is 3.89. The molecule has 0 bridgehead atoms. The fraction of sp³-hybridized carbons (Fsp3) is 0.500. The molecule has 0 aliphatic carbocycles. The van der Waals surface area contributed by atoms with Crippen LogP contribution in [0.15, 0.2) is 30.3 Å². The van der Waals surface area contributed by atoms with E-state index in [-0.39, 0.29) is 12.0 Å². The molecule has 0 saturated carbocycles. The van der Waals surface area contributed by atoms with Crippen molar-refractivity contribution in [2.24, 2.45) is 5.92 Å². The number of rotatable bonds is 7. The summed E-state index contributed by atoms with van der Waals surface area (Å²) in [5.74, 6) is 0.457. The van der Waals surface area contributed by atoms with Crippen LogP contribution in [0.4, 0.5) is 0 Å². The Bertz CT molecular complexity index is 337. The van der Waals surface area contributed by atoms with Crippen LogP contribution in [0, 0.1) is 5.92 Å². The van der Waals surface area contributed by atoms with Gasteiger partial charge >= 0.3 is 0 Å². The Labute approximate surface area is 109 Å². The Hall–Kier alpha value is -0.800. The minimum absolute atomic E-state index is 0.132. The van der Waals surface area contributed by atoms with Gasteiger partial charge in [-0.2, -0.15) is 0 Å². The summed E-state index contributed by atoms with van der Waals surface area (Å²) in [4.78, 5) is 11.6. The third-order valence-electron chi connectivity index (χ3n) is 2.89. The third kappa shape index (κ3) is 5.37. The lowest BCUT2D eigenvalue weighted by Crippen LogP contribution is -2.25. The van der Waals surface area contributed by atoms with Gasteiger partial charge in [0.25, 0.3) is 0 Å². The average Bonchev–Trinajstić information content (AvgIpc) is 2.35. The first kappa shape index (κ1) is 14.3. The maximum atomic E-state index is 11.6. The molecule has 1 unspecified atom stereocenters. The van der Waals surface area contributed by atoms with E-state index in [4.69, 9.17) is 0 Å². The molecule has 0 aromatic heterocycles. The number of Topliss-reactive ketones (excluding diaryl/α,β-unsaturated/α-hetero) is 1. The fourth-order valence-corrected chi connectivity index (χ4v) is 1.94. The maximum absolute atomic E-state index is 11.6. The molecule has 1 atom stereocenters. The van der Waals surface area contributed by atoms with Crippen molar-refractivity contribution in [1.29, 1.82) is 0 Å². The van der Waals surface area contributed by atoms with Crippen LogP contribution in [-0.2, 0) is 11.2 Å². The summed E-state index contributed by atoms with van der Waals surface area (Å²) >= 11 is 4.14. The smallest absolute Gasteiger partial charge is 0.135 e. The van der Waals surface area contributed by atoms with E-state index in [2.05, 4.69) is 29.7 Å². The van der Waals surface area contributed by atoms with Crippen molar-refractivity contribution < 1.29 is 4.79 Å². The zero-order valence-electron chi connectivity index (χ0n) is 10.5. The van der Waals surface area contributed by atoms with Gasteiger partial charge in [0.2, 0.25) is 0 Å². The lowest BCUT2D eigenvalue weighted by molar-refractivity contribution is -0.122. The van der Waals surface area contributed by atoms with E-state index >= 15 is 0 Å². The molecule has 1 aromatic rings. The molecule has 0 spiro atoms. The van der Waals surface area contributed by atoms with Gasteiger partial charge in [-0.05, 0) is 18.4 Å². The molecule has 0 amide bonds. The van der Waals surface area contributed by atoms with Gasteiger partial charge < -0.3 is 0 Å². The predicted molar refractivity (Wildman–Crippen MR) is 75.1 cm³/mol. The van der Waals surface area contributed by atoms with Crippen molar-refractivity contribution in [3.63, 3.8) is 0 Å². The first-order chi connectivity index (χ1) is 8.13. The fourth-order valence-electron chi connectivity index (χ4n) is 1.72. The summed E-state index contributed by atoms with van der Waals surface area (Å²) in [7, 11) is 0. The van der Waals surface area contributed by atoms with E-state index in [1.165, 1.54) is 5.56 Å². The number of hydrogen-bond acceptors (Lipinski definition) is 3. The summed E-state index contributed by atoms with van der Waals surface area (Å²) in [6.07, 6.45) is 2.38. The largest absolute Gasteiger partial charge is 0.299 e. The molecule has 1 rings (SSSR count). The van der Waals surface area contributed by atoms with Crippen LogP contribution in [0.3, 0.4) is 0 Å². The number of ketones is 1. The molecule has 0 fully saturated rings. The van der Waals surface area contributed by atoms with Gasteiger partial charge in [0.05, 0.1) is 0 Å². The lowest BCUT2D eigenvalue weighted by Gasteiger charge is -2.15. The van der Waals surface area contributed by atoms with Crippen LogP contribution in [-0.4, -0.2) is 11.8 Å². The molecule has 0 saturated heterocycles. The predicted octanol–water partition coefficient (Wildman–Crippen LogP) is 3.04. The second-order valence-electron chi connectivity index (χ2n) is 4.68. The molecule has 94 valence electrons. The van der Waals surface area contributed by atoms with Gasteiger partial charge in [-0.3, -0.25) is 9.52 Å². The van der Waals surface area contributed by atoms with Crippen LogP contribution >= 0.6 is 12.8 Å². The van der Waals surface area contributed by atoms with Gasteiger partial charge in [-0.1, -0.05) is 57.0 Å². The van der Waals surface area contributed by atoms with Gasteiger partial charge in [-0.15, -0.1) is 0 Å². The molecule has 1 N–H and O–H groups in total. The molecule has 1 aromatic carbocycles. The number of carbonyl (C=O) groups excluding carboxylic acids is 1. The Kier molecular flexibility index (Phi) is 6.30. The van der Waals surface area contributed by atoms with Gasteiger partial charge in [0.15, 0.2) is 0 Å². The monoisotopic (exact) mass is 251 g/mol. The van der Waals surface area contributed by atoms with E-state index in [0.29, 0.717) is 12.2 Å². The van der Waals surface area contributed by atoms with Gasteiger partial charge in [0.1, 0.15) is 5.78 Å². The molecule has 0 radical (unpaired) electrons. The second kappa shape index (κ2) is 7.51. The quantitative estimate of drug-likeness (QED) is 0.729. The number of hydrogen-bond donors (Lipinski definition) is 2. The number of carbonyl (C=O) groups is 1. The molecule has 2 nitrogen and oxygen atoms in total. The summed E-state index contributed by atoms with van der Waals surface area (Å²) in [6, 6.07) is 10.5. The molecule has 0 heterocycles. The topological polar surface area (TPSA) is 29.1 Å². The number of thiol groups is 1. The lowest BCUT2D eigenvalue weighted by atomic mass is 9.98. The normalized spacial score (nSPS) is 12.7. The van der Waals surface area contributed by atoms with E-state index in [1.54, 1.807) is 0 Å². The highest BCUT2D eigenvalue weighted by Gasteiger charge is 2.12. The van der Waals surface area contributed by atoms with Crippen molar-refractivity contribution >= 4 is 18.6 Å². The molecule has 3 heteroatoms. The SMILES string of the molecule is CC(C)C(=O)CCC(Cc1ccccc1)NS. The van der Waals surface area contributed by atoms with Gasteiger partial charge in [-0.25, -0.2) is 0 Å². The highest BCUT2D eigenvalue weighted by molar-refractivity contribution is 7.78. The van der Waals surface area contributed by atoms with Crippen molar-refractivity contribution in [3.05, 3.63) is 35.9 Å². The van der Waals surface area contributed by atoms with Crippen LogP contribution in [0.5, 0.6) is 0 Å². The average molecular weight is 251 g/mol. The first-order valence-electron chi connectivity index (χ1n) is 6.09. The first-order valence-corrected chi connectivity index (χ1v) is 6.54. The van der Waals surface area contributed by atoms with Crippen molar-refractivity contribution in [1.82, 2.24) is 4.72 Å². The standard InChI is InChI=1S/C14H21NOS/c1-11(2)14(16)9-8-13(15-17)10-12-6-4-3-5-7-12/h3-7,11,13,15,17H,8-10H2,1-2H3. The minimum atomic E-state index is 0.132. The van der Waals surface area contributed by atoms with Crippen LogP contribution in [0.25, 0.3) is 0 Å². The minimum Gasteiger partial charge on any atom is -0.299 e. The molecule has 0 aliphatic heterocycles. The summed E-state index contributed by atoms with van der Waals surface area (Å²) in [5, 5.41) is 0. The molecule has 0 aliphatic rings. The summed E-state index contributed by atoms with van der Waals surface area (Å²) in [5.41, 5.74) is 1.27. The molecular formula is C14H21NOS. The number of nitrogens with one attached hydrogen (secondary N) is 1. The van der Waals surface area contributed by atoms with Crippen molar-refractivity contribution in [2.45, 2.75) is 39.2 Å². The Morgan fingerprint density at radius 2 is 1.94 bits per heavy atom. The molecule has 17 heavy (non-hydrogen) atoms. The Morgan fingerprint density at radius 1 is 1.29 bits per heavy atom. The van der Waals surface area contributed by atoms with E-state index in [9.17, 15) is 4.79 Å². The Balaban J connectivity index is 2.42. The zero-order valence-corrected chi connectivity index (χ0v) is 11.4. The maximum Gasteiger partial charge on any atom is 0.135 e. The van der Waals surface area contributed by atoms with Crippen molar-refractivity contribution in [2.75, 3.05) is 0 Å². The zero-order chi connectivity index (χ0) is 12.7. The van der Waals surface area contributed by atoms with Crippen molar-refractivity contribution in [3.8, 4) is 0 Å². The van der Waals surface area contributed by atoms with E-state index in [1.807, 2.05) is 32.0 Å². The van der Waals surface area contributed by atoms with Crippen LogP contribution in [0.1, 0.15) is 32.3 Å². The molecular weight excluding hydrogens is 230 g/mol. The number of benzene rings is 1. The summed E-state index contributed by atoms with van der Waals surface area (Å²) < 4.78 is 2.99. The van der Waals surface area contributed by atoms with Gasteiger partial charge in [0, 0.05) is 18.4 Å². The highest BCUT2D eigenvalue weighted by atomic mass is 32.1. The third-order valence-corrected chi connectivity index (χ3v) is 3.26. The van der Waals surface area contributed by atoms with Crippen LogP contribution in [0.2, 0.25) is 0 Å². The highest BCUT2D eigenvalue weighted by Crippen LogP contribution is 2.10. The van der Waals surface area contributed by atoms with Crippen LogP contribution < -0.4 is 4.72 Å².